The van der Waals surface area contributed by atoms with Gasteiger partial charge in [-0.25, -0.2) is 9.98 Å². The van der Waals surface area contributed by atoms with Crippen LogP contribution in [0, 0.1) is 0 Å². The molecule has 0 atom stereocenters. The van der Waals surface area contributed by atoms with Gasteiger partial charge in [-0.15, -0.1) is 0 Å². The number of fused-ring (bicyclic) bond motifs is 1. The van der Waals surface area contributed by atoms with Crippen molar-refractivity contribution in [3.63, 3.8) is 0 Å². The van der Waals surface area contributed by atoms with Crippen molar-refractivity contribution in [1.82, 2.24) is 14.5 Å². The Hall–Kier alpha value is -1.79. The molecule has 1 saturated heterocycles. The maximum absolute atomic E-state index is 6.22. The second-order valence-corrected chi connectivity index (χ2v) is 5.38. The monoisotopic (exact) mass is 307 g/mol. The van der Waals surface area contributed by atoms with Crippen LogP contribution in [0.15, 0.2) is 23.2 Å². The Morgan fingerprint density at radius 1 is 1.43 bits per heavy atom. The maximum Gasteiger partial charge on any atom is 0.191 e. The number of hydrogen-bond acceptors (Lipinski definition) is 3. The third-order valence-corrected chi connectivity index (χ3v) is 3.96. The lowest BCUT2D eigenvalue weighted by Gasteiger charge is -2.27. The van der Waals surface area contributed by atoms with Gasteiger partial charge >= 0.3 is 0 Å². The summed E-state index contributed by atoms with van der Waals surface area (Å²) in [7, 11) is 1.94. The summed E-state index contributed by atoms with van der Waals surface area (Å²) >= 11 is 6.22. The molecule has 1 aromatic heterocycles. The van der Waals surface area contributed by atoms with Crippen molar-refractivity contribution < 1.29 is 4.74 Å². The van der Waals surface area contributed by atoms with Crippen LogP contribution in [0.5, 0.6) is 0 Å². The van der Waals surface area contributed by atoms with Gasteiger partial charge in [0.25, 0.3) is 0 Å². The van der Waals surface area contributed by atoms with Gasteiger partial charge in [-0.05, 0) is 12.1 Å². The van der Waals surface area contributed by atoms with Gasteiger partial charge < -0.3 is 19.9 Å². The molecule has 2 aromatic rings. The fourth-order valence-corrected chi connectivity index (χ4v) is 2.75. The van der Waals surface area contributed by atoms with Crippen LogP contribution < -0.4 is 5.73 Å². The molecule has 0 amide bonds. The topological polar surface area (TPSA) is 68.7 Å². The van der Waals surface area contributed by atoms with E-state index >= 15 is 0 Å². The number of ether oxygens (including phenoxy) is 1. The molecule has 6 nitrogen and oxygen atoms in total. The van der Waals surface area contributed by atoms with Gasteiger partial charge in [0.2, 0.25) is 0 Å². The number of aromatic nitrogens is 2. The van der Waals surface area contributed by atoms with E-state index < -0.39 is 0 Å². The van der Waals surface area contributed by atoms with E-state index in [1.807, 2.05) is 34.7 Å². The van der Waals surface area contributed by atoms with Crippen LogP contribution in [0.1, 0.15) is 5.82 Å². The van der Waals surface area contributed by atoms with Crippen molar-refractivity contribution in [2.75, 3.05) is 26.3 Å². The minimum absolute atomic E-state index is 0.435. The summed E-state index contributed by atoms with van der Waals surface area (Å²) in [6, 6.07) is 5.70. The molecule has 0 spiro atoms. The standard InChI is InChI=1S/C14H18ClN5O/c1-19-12(18-11-4-2-3-10(15)13(11)19)9-17-14(16)20-5-7-21-8-6-20/h2-4H,5-9H2,1H3,(H2,16,17). The van der Waals surface area contributed by atoms with Gasteiger partial charge in [0.1, 0.15) is 12.4 Å². The lowest BCUT2D eigenvalue weighted by Crippen LogP contribution is -2.44. The molecule has 1 aromatic carbocycles. The Balaban J connectivity index is 1.81. The Morgan fingerprint density at radius 2 is 2.19 bits per heavy atom. The van der Waals surface area contributed by atoms with Crippen LogP contribution in [0.3, 0.4) is 0 Å². The van der Waals surface area contributed by atoms with E-state index in [0.29, 0.717) is 30.7 Å². The predicted molar refractivity (Wildman–Crippen MR) is 83.4 cm³/mol. The summed E-state index contributed by atoms with van der Waals surface area (Å²) in [4.78, 5) is 11.0. The average Bonchev–Trinajstić information content (AvgIpc) is 2.83. The molecule has 2 heterocycles. The number of morpholine rings is 1. The number of para-hydroxylation sites is 1. The highest BCUT2D eigenvalue weighted by atomic mass is 35.5. The molecule has 1 aliphatic rings. The van der Waals surface area contributed by atoms with E-state index in [2.05, 4.69) is 9.98 Å². The fourth-order valence-electron chi connectivity index (χ4n) is 2.45. The third kappa shape index (κ3) is 2.82. The smallest absolute Gasteiger partial charge is 0.191 e. The van der Waals surface area contributed by atoms with Crippen LogP contribution in [0.2, 0.25) is 5.02 Å². The van der Waals surface area contributed by atoms with Gasteiger partial charge in [0, 0.05) is 20.1 Å². The zero-order valence-corrected chi connectivity index (χ0v) is 12.7. The van der Waals surface area contributed by atoms with Gasteiger partial charge in [0.15, 0.2) is 5.96 Å². The number of imidazole rings is 1. The van der Waals surface area contributed by atoms with Crippen LogP contribution >= 0.6 is 11.6 Å². The maximum atomic E-state index is 6.22. The Labute approximate surface area is 128 Å². The highest BCUT2D eigenvalue weighted by Crippen LogP contribution is 2.23. The number of aliphatic imine (C=N–C) groups is 1. The van der Waals surface area contributed by atoms with Crippen LogP contribution in [0.25, 0.3) is 11.0 Å². The molecule has 0 radical (unpaired) electrons. The zero-order valence-electron chi connectivity index (χ0n) is 11.9. The number of aryl methyl sites for hydroxylation is 1. The second-order valence-electron chi connectivity index (χ2n) is 4.97. The molecule has 0 unspecified atom stereocenters. The molecule has 1 fully saturated rings. The molecule has 21 heavy (non-hydrogen) atoms. The highest BCUT2D eigenvalue weighted by Gasteiger charge is 2.13. The number of rotatable bonds is 2. The molecule has 2 N–H and O–H groups in total. The molecule has 0 bridgehead atoms. The van der Waals surface area contributed by atoms with E-state index in [0.717, 1.165) is 29.9 Å². The lowest BCUT2D eigenvalue weighted by molar-refractivity contribution is 0.0674. The van der Waals surface area contributed by atoms with Crippen molar-refractivity contribution in [3.05, 3.63) is 29.0 Å². The summed E-state index contributed by atoms with van der Waals surface area (Å²) in [6.45, 7) is 3.38. The molecule has 112 valence electrons. The van der Waals surface area contributed by atoms with Gasteiger partial charge in [-0.1, -0.05) is 17.7 Å². The number of nitrogens with zero attached hydrogens (tertiary/aromatic N) is 4. The first-order chi connectivity index (χ1) is 10.2. The number of benzene rings is 1. The van der Waals surface area contributed by atoms with E-state index in [9.17, 15) is 0 Å². The van der Waals surface area contributed by atoms with E-state index in [1.54, 1.807) is 0 Å². The van der Waals surface area contributed by atoms with E-state index in [1.165, 1.54) is 0 Å². The number of nitrogens with two attached hydrogens (primary N) is 1. The van der Waals surface area contributed by atoms with Gasteiger partial charge in [-0.2, -0.15) is 0 Å². The van der Waals surface area contributed by atoms with Crippen molar-refractivity contribution in [3.8, 4) is 0 Å². The first-order valence-electron chi connectivity index (χ1n) is 6.89. The molecular weight excluding hydrogens is 290 g/mol. The Bertz CT molecular complexity index is 675. The van der Waals surface area contributed by atoms with Crippen molar-refractivity contribution in [1.29, 1.82) is 0 Å². The summed E-state index contributed by atoms with van der Waals surface area (Å²) in [6.07, 6.45) is 0. The molecule has 0 aliphatic carbocycles. The molecular formula is C14H18ClN5O. The number of halogens is 1. The summed E-state index contributed by atoms with van der Waals surface area (Å²) in [5.41, 5.74) is 7.83. The second kappa shape index (κ2) is 5.91. The van der Waals surface area contributed by atoms with Gasteiger partial charge in [0.05, 0.1) is 29.3 Å². The normalized spacial score (nSPS) is 16.7. The Morgan fingerprint density at radius 3 is 2.90 bits per heavy atom. The predicted octanol–water partition coefficient (Wildman–Crippen LogP) is 1.37. The number of guanidine groups is 1. The van der Waals surface area contributed by atoms with Crippen molar-refractivity contribution in [2.45, 2.75) is 6.54 Å². The minimum atomic E-state index is 0.435. The van der Waals surface area contributed by atoms with Crippen LogP contribution in [0.4, 0.5) is 0 Å². The fraction of sp³-hybridized carbons (Fsp3) is 0.429. The third-order valence-electron chi connectivity index (χ3n) is 3.66. The highest BCUT2D eigenvalue weighted by molar-refractivity contribution is 6.35. The summed E-state index contributed by atoms with van der Waals surface area (Å²) in [5.74, 6) is 1.38. The van der Waals surface area contributed by atoms with E-state index in [-0.39, 0.29) is 0 Å². The summed E-state index contributed by atoms with van der Waals surface area (Å²) < 4.78 is 7.27. The first-order valence-corrected chi connectivity index (χ1v) is 7.27. The van der Waals surface area contributed by atoms with E-state index in [4.69, 9.17) is 22.1 Å². The first kappa shape index (κ1) is 14.2. The molecule has 0 saturated carbocycles. The molecule has 7 heteroatoms. The summed E-state index contributed by atoms with van der Waals surface area (Å²) in [5, 5.41) is 0.693. The number of hydrogen-bond donors (Lipinski definition) is 1. The minimum Gasteiger partial charge on any atom is -0.378 e. The Kier molecular flexibility index (Phi) is 3.98. The van der Waals surface area contributed by atoms with Crippen molar-refractivity contribution >= 4 is 28.6 Å². The molecule has 3 rings (SSSR count). The van der Waals surface area contributed by atoms with Crippen LogP contribution in [-0.4, -0.2) is 46.7 Å². The molecule has 1 aliphatic heterocycles. The quantitative estimate of drug-likeness (QED) is 0.672. The largest absolute Gasteiger partial charge is 0.378 e. The van der Waals surface area contributed by atoms with Gasteiger partial charge in [-0.3, -0.25) is 0 Å². The average molecular weight is 308 g/mol. The lowest BCUT2D eigenvalue weighted by atomic mass is 10.3. The van der Waals surface area contributed by atoms with Crippen molar-refractivity contribution in [2.24, 2.45) is 17.8 Å². The zero-order chi connectivity index (χ0) is 14.8. The SMILES string of the molecule is Cn1c(CN=C(N)N2CCOCC2)nc2cccc(Cl)c21. The van der Waals surface area contributed by atoms with Crippen LogP contribution in [-0.2, 0) is 18.3 Å².